The van der Waals surface area contributed by atoms with Gasteiger partial charge in [0.2, 0.25) is 41.4 Å². The summed E-state index contributed by atoms with van der Waals surface area (Å²) in [5.74, 6) is -6.50. The van der Waals surface area contributed by atoms with E-state index in [0.717, 1.165) is 6.42 Å². The number of guanidine groups is 1. The normalized spacial score (nSPS) is 16.1. The minimum Gasteiger partial charge on any atom is -0.480 e. The van der Waals surface area contributed by atoms with E-state index in [4.69, 9.17) is 28.3 Å². The minimum absolute atomic E-state index is 0.0405. The number of aliphatic carboxylic acids is 1. The predicted molar refractivity (Wildman–Crippen MR) is 223 cm³/mol. The van der Waals surface area contributed by atoms with Crippen LogP contribution in [0.4, 0.5) is 0 Å². The summed E-state index contributed by atoms with van der Waals surface area (Å²) < 4.78 is 0. The molecule has 0 spiro atoms. The first kappa shape index (κ1) is 52.9. The summed E-state index contributed by atoms with van der Waals surface area (Å²) in [6.45, 7) is 7.40. The smallest absolute Gasteiger partial charge is 0.326 e. The summed E-state index contributed by atoms with van der Waals surface area (Å²) in [6, 6.07) is -6.36. The van der Waals surface area contributed by atoms with Gasteiger partial charge in [0, 0.05) is 13.1 Å². The molecule has 1 rings (SSSR count). The Labute approximate surface area is 352 Å². The van der Waals surface area contributed by atoms with E-state index in [9.17, 15) is 43.5 Å². The lowest BCUT2D eigenvalue weighted by Crippen LogP contribution is -2.58. The number of carboxylic acid groups (broad SMARTS) is 1. The van der Waals surface area contributed by atoms with Crippen LogP contribution in [-0.2, 0) is 38.4 Å². The van der Waals surface area contributed by atoms with Gasteiger partial charge in [0.05, 0.1) is 19.1 Å². The van der Waals surface area contributed by atoms with Gasteiger partial charge in [0.25, 0.3) is 0 Å². The molecule has 7 amide bonds. The van der Waals surface area contributed by atoms with Crippen molar-refractivity contribution in [2.75, 3.05) is 39.3 Å². The Morgan fingerprint density at radius 3 is 1.90 bits per heavy atom. The SMILES string of the molecule is CC(C)C[C@H](NC(=O)[C@@H]1CCCN1C(=O)CNC(=O)[C@@H](N)CCCCN)C(=O)NCC(=O)N[C@H](C(=O)N[C@@H](CCCNC(=N)N)C(=O)N[C@@H](CCCCN)C(=O)O)C(C)C. The average Bonchev–Trinajstić information content (AvgIpc) is 3.68. The highest BCUT2D eigenvalue weighted by Gasteiger charge is 2.37. The van der Waals surface area contributed by atoms with E-state index >= 15 is 0 Å². The Morgan fingerprint density at radius 2 is 1.32 bits per heavy atom. The second kappa shape index (κ2) is 28.4. The topological polar surface area (TPSA) is 372 Å². The number of nitrogens with zero attached hydrogens (tertiary/aromatic N) is 1. The summed E-state index contributed by atoms with van der Waals surface area (Å²) in [7, 11) is 0. The average molecular weight is 854 g/mol. The number of nitrogens with two attached hydrogens (primary N) is 4. The van der Waals surface area contributed by atoms with Crippen LogP contribution in [0, 0.1) is 17.2 Å². The summed E-state index contributed by atoms with van der Waals surface area (Å²) >= 11 is 0. The van der Waals surface area contributed by atoms with Gasteiger partial charge in [-0.3, -0.25) is 39.0 Å². The number of rotatable bonds is 29. The number of hydrogen-bond acceptors (Lipinski definition) is 12. The molecule has 1 saturated heterocycles. The highest BCUT2D eigenvalue weighted by Crippen LogP contribution is 2.18. The molecule has 0 radical (unpaired) electrons. The molecule has 17 N–H and O–H groups in total. The quantitative estimate of drug-likeness (QED) is 0.0200. The Kier molecular flexibility index (Phi) is 25.0. The summed E-state index contributed by atoms with van der Waals surface area (Å²) in [5.41, 5.74) is 22.3. The van der Waals surface area contributed by atoms with Crippen molar-refractivity contribution < 1.29 is 43.5 Å². The van der Waals surface area contributed by atoms with Crippen LogP contribution >= 0.6 is 0 Å². The van der Waals surface area contributed by atoms with Gasteiger partial charge in [-0.15, -0.1) is 0 Å². The molecule has 0 aromatic carbocycles. The molecular formula is C38H71N13O9. The van der Waals surface area contributed by atoms with Crippen LogP contribution in [0.2, 0.25) is 0 Å². The van der Waals surface area contributed by atoms with E-state index in [1.54, 1.807) is 13.8 Å². The van der Waals surface area contributed by atoms with Crippen molar-refractivity contribution in [1.29, 1.82) is 5.41 Å². The first-order chi connectivity index (χ1) is 28.3. The molecule has 0 aromatic rings. The van der Waals surface area contributed by atoms with E-state index in [1.165, 1.54) is 4.90 Å². The lowest BCUT2D eigenvalue weighted by molar-refractivity contribution is -0.142. The van der Waals surface area contributed by atoms with Crippen LogP contribution < -0.4 is 60.2 Å². The Bertz CT molecular complexity index is 1450. The van der Waals surface area contributed by atoms with E-state index in [2.05, 4.69) is 37.2 Å². The standard InChI is InChI=1S/C38H71N13O9/c1-22(2)19-27(49-35(57)28-14-10-18-51(28)30(53)21-46-32(54)24(41)11-5-7-15-39)33(55)45-20-29(52)50-31(23(3)4)36(58)47-25(13-9-17-44-38(42)43)34(56)48-26(37(59)60)12-6-8-16-40/h22-28,31H,5-21,39-41H2,1-4H3,(H,45,55)(H,46,54)(H,47,58)(H,48,56)(H,49,57)(H,50,52)(H,59,60)(H4,42,43,44)/t24-,25-,26-,27-,28-,31-/m0/s1. The fourth-order valence-corrected chi connectivity index (χ4v) is 6.48. The van der Waals surface area contributed by atoms with Crippen molar-refractivity contribution in [3.63, 3.8) is 0 Å². The number of amides is 7. The highest BCUT2D eigenvalue weighted by molar-refractivity contribution is 5.96. The molecule has 0 aromatic heterocycles. The van der Waals surface area contributed by atoms with E-state index < -0.39 is 96.0 Å². The molecule has 1 aliphatic heterocycles. The number of carbonyl (C=O) groups is 8. The van der Waals surface area contributed by atoms with Crippen molar-refractivity contribution in [2.45, 2.75) is 135 Å². The van der Waals surface area contributed by atoms with Crippen LogP contribution in [0.5, 0.6) is 0 Å². The summed E-state index contributed by atoms with van der Waals surface area (Å²) in [6.07, 6.45) is 4.30. The van der Waals surface area contributed by atoms with Gasteiger partial charge in [-0.1, -0.05) is 34.1 Å². The molecule has 1 fully saturated rings. The van der Waals surface area contributed by atoms with Crippen LogP contribution in [0.1, 0.15) is 98.3 Å². The molecule has 1 aliphatic rings. The summed E-state index contributed by atoms with van der Waals surface area (Å²) in [4.78, 5) is 106. The van der Waals surface area contributed by atoms with Crippen LogP contribution in [-0.4, -0.2) is 139 Å². The predicted octanol–water partition coefficient (Wildman–Crippen LogP) is -3.22. The number of carboxylic acids is 1. The number of nitrogens with one attached hydrogen (secondary N) is 8. The third kappa shape index (κ3) is 20.2. The lowest BCUT2D eigenvalue weighted by Gasteiger charge is -2.27. The highest BCUT2D eigenvalue weighted by atomic mass is 16.4. The van der Waals surface area contributed by atoms with Crippen molar-refractivity contribution >= 4 is 53.3 Å². The van der Waals surface area contributed by atoms with Crippen LogP contribution in [0.25, 0.3) is 0 Å². The monoisotopic (exact) mass is 854 g/mol. The largest absolute Gasteiger partial charge is 0.480 e. The molecular weight excluding hydrogens is 782 g/mol. The second-order valence-electron chi connectivity index (χ2n) is 15.8. The van der Waals surface area contributed by atoms with Gasteiger partial charge in [0.1, 0.15) is 30.2 Å². The Balaban J connectivity index is 2.95. The zero-order valence-corrected chi connectivity index (χ0v) is 35.6. The maximum absolute atomic E-state index is 13.5. The second-order valence-corrected chi connectivity index (χ2v) is 15.8. The van der Waals surface area contributed by atoms with Gasteiger partial charge in [-0.2, -0.15) is 0 Å². The molecule has 1 heterocycles. The zero-order chi connectivity index (χ0) is 45.4. The van der Waals surface area contributed by atoms with Gasteiger partial charge >= 0.3 is 5.97 Å². The van der Waals surface area contributed by atoms with Gasteiger partial charge < -0.3 is 70.2 Å². The fraction of sp³-hybridized carbons (Fsp3) is 0.763. The molecule has 342 valence electrons. The van der Waals surface area contributed by atoms with Gasteiger partial charge in [-0.25, -0.2) is 4.79 Å². The fourth-order valence-electron chi connectivity index (χ4n) is 6.48. The molecule has 0 saturated carbocycles. The molecule has 0 aliphatic carbocycles. The third-order valence-corrected chi connectivity index (χ3v) is 9.80. The third-order valence-electron chi connectivity index (χ3n) is 9.80. The van der Waals surface area contributed by atoms with Crippen molar-refractivity contribution in [1.82, 2.24) is 42.1 Å². The molecule has 60 heavy (non-hydrogen) atoms. The van der Waals surface area contributed by atoms with Gasteiger partial charge in [0.15, 0.2) is 5.96 Å². The number of carbonyl (C=O) groups excluding carboxylic acids is 7. The first-order valence-corrected chi connectivity index (χ1v) is 20.8. The maximum atomic E-state index is 13.5. The van der Waals surface area contributed by atoms with Crippen molar-refractivity contribution in [3.05, 3.63) is 0 Å². The summed E-state index contributed by atoms with van der Waals surface area (Å²) in [5, 5.41) is 35.0. The molecule has 6 atom stereocenters. The Morgan fingerprint density at radius 1 is 0.717 bits per heavy atom. The van der Waals surface area contributed by atoms with Crippen molar-refractivity contribution in [2.24, 2.45) is 34.8 Å². The lowest BCUT2D eigenvalue weighted by atomic mass is 10.0. The van der Waals surface area contributed by atoms with Gasteiger partial charge in [-0.05, 0) is 89.1 Å². The zero-order valence-electron chi connectivity index (χ0n) is 35.6. The van der Waals surface area contributed by atoms with E-state index in [1.807, 2.05) is 13.8 Å². The minimum atomic E-state index is -1.25. The van der Waals surface area contributed by atoms with Crippen LogP contribution in [0.3, 0.4) is 0 Å². The molecule has 22 nitrogen and oxygen atoms in total. The number of likely N-dealkylation sites (tertiary alicyclic amines) is 1. The first-order valence-electron chi connectivity index (χ1n) is 20.8. The van der Waals surface area contributed by atoms with E-state index in [0.29, 0.717) is 51.6 Å². The molecule has 0 unspecified atom stereocenters. The Hall–Kier alpha value is -5.09. The molecule has 0 bridgehead atoms. The number of hydrogen-bond donors (Lipinski definition) is 13. The maximum Gasteiger partial charge on any atom is 0.326 e. The number of unbranched alkanes of at least 4 members (excludes halogenated alkanes) is 2. The van der Waals surface area contributed by atoms with Crippen molar-refractivity contribution in [3.8, 4) is 0 Å². The van der Waals surface area contributed by atoms with Crippen LogP contribution in [0.15, 0.2) is 0 Å². The van der Waals surface area contributed by atoms with E-state index in [-0.39, 0.29) is 57.2 Å². The molecule has 22 heteroatoms.